The van der Waals surface area contributed by atoms with Crippen LogP contribution < -0.4 is 5.32 Å². The fourth-order valence-corrected chi connectivity index (χ4v) is 4.08. The standard InChI is InChI=1S/C18H26N6S.HI/c1-3-16-13-23(10-11-25-16)18(19-4-2)20-12-17-22-21-14-24(17)15-8-6-5-7-9-15;/h5-9,14,16H,3-4,10-13H2,1-2H3,(H,19,20);1H. The van der Waals surface area contributed by atoms with E-state index in [-0.39, 0.29) is 24.0 Å². The molecular formula is C18H27IN6S. The van der Waals surface area contributed by atoms with Crippen LogP contribution in [0.4, 0.5) is 0 Å². The van der Waals surface area contributed by atoms with Crippen LogP contribution in [0.1, 0.15) is 26.1 Å². The molecule has 6 nitrogen and oxygen atoms in total. The highest BCUT2D eigenvalue weighted by atomic mass is 127. The third-order valence-corrected chi connectivity index (χ3v) is 5.62. The number of hydrogen-bond donors (Lipinski definition) is 1. The molecule has 142 valence electrons. The highest BCUT2D eigenvalue weighted by molar-refractivity contribution is 14.0. The van der Waals surface area contributed by atoms with Crippen LogP contribution in [-0.4, -0.2) is 56.3 Å². The van der Waals surface area contributed by atoms with E-state index in [4.69, 9.17) is 4.99 Å². The topological polar surface area (TPSA) is 58.3 Å². The van der Waals surface area contributed by atoms with Crippen molar-refractivity contribution in [2.75, 3.05) is 25.4 Å². The number of para-hydroxylation sites is 1. The summed E-state index contributed by atoms with van der Waals surface area (Å²) >= 11 is 2.07. The molecule has 1 aromatic carbocycles. The van der Waals surface area contributed by atoms with E-state index in [1.807, 2.05) is 22.8 Å². The van der Waals surface area contributed by atoms with E-state index in [1.54, 1.807) is 6.33 Å². The summed E-state index contributed by atoms with van der Waals surface area (Å²) in [4.78, 5) is 7.21. The van der Waals surface area contributed by atoms with Gasteiger partial charge in [-0.3, -0.25) is 4.57 Å². The number of aliphatic imine (C=N–C) groups is 1. The summed E-state index contributed by atoms with van der Waals surface area (Å²) in [7, 11) is 0. The molecule has 0 spiro atoms. The Bertz CT molecular complexity index is 690. The number of thioether (sulfide) groups is 1. The van der Waals surface area contributed by atoms with Crippen LogP contribution in [0.25, 0.3) is 5.69 Å². The molecule has 0 bridgehead atoms. The molecule has 1 unspecified atom stereocenters. The van der Waals surface area contributed by atoms with Gasteiger partial charge in [-0.05, 0) is 25.5 Å². The van der Waals surface area contributed by atoms with Gasteiger partial charge < -0.3 is 10.2 Å². The van der Waals surface area contributed by atoms with Crippen molar-refractivity contribution in [1.82, 2.24) is 25.0 Å². The van der Waals surface area contributed by atoms with Gasteiger partial charge in [0.15, 0.2) is 11.8 Å². The zero-order valence-corrected chi connectivity index (χ0v) is 18.5. The van der Waals surface area contributed by atoms with Gasteiger partial charge in [-0.25, -0.2) is 4.99 Å². The molecule has 1 aliphatic heterocycles. The normalized spacial score (nSPS) is 17.7. The summed E-state index contributed by atoms with van der Waals surface area (Å²) in [5.74, 6) is 2.98. The van der Waals surface area contributed by atoms with Gasteiger partial charge in [0.25, 0.3) is 0 Å². The van der Waals surface area contributed by atoms with Gasteiger partial charge in [0.05, 0.1) is 0 Å². The van der Waals surface area contributed by atoms with E-state index < -0.39 is 0 Å². The fourth-order valence-electron chi connectivity index (χ4n) is 2.90. The van der Waals surface area contributed by atoms with E-state index in [0.717, 1.165) is 42.9 Å². The van der Waals surface area contributed by atoms with E-state index in [1.165, 1.54) is 6.42 Å². The Kier molecular flexibility index (Phi) is 8.70. The lowest BCUT2D eigenvalue weighted by molar-refractivity contribution is 0.408. The second-order valence-corrected chi connectivity index (χ2v) is 7.38. The molecule has 2 aromatic rings. The molecule has 1 aliphatic rings. The number of nitrogens with zero attached hydrogens (tertiary/aromatic N) is 5. The summed E-state index contributed by atoms with van der Waals surface area (Å²) in [6.45, 7) is 7.84. The maximum Gasteiger partial charge on any atom is 0.194 e. The maximum absolute atomic E-state index is 4.83. The molecule has 3 rings (SSSR count). The van der Waals surface area contributed by atoms with Crippen molar-refractivity contribution in [2.24, 2.45) is 4.99 Å². The minimum absolute atomic E-state index is 0. The molecule has 1 aromatic heterocycles. The van der Waals surface area contributed by atoms with Gasteiger partial charge in [-0.15, -0.1) is 34.2 Å². The van der Waals surface area contributed by atoms with Crippen molar-refractivity contribution in [3.05, 3.63) is 42.5 Å². The zero-order chi connectivity index (χ0) is 17.5. The number of benzene rings is 1. The number of nitrogens with one attached hydrogen (secondary N) is 1. The Hall–Kier alpha value is -1.29. The number of rotatable bonds is 5. The second-order valence-electron chi connectivity index (χ2n) is 5.97. The van der Waals surface area contributed by atoms with Crippen molar-refractivity contribution in [3.63, 3.8) is 0 Å². The predicted octanol–water partition coefficient (Wildman–Crippen LogP) is 3.18. The van der Waals surface area contributed by atoms with Crippen LogP contribution in [0.5, 0.6) is 0 Å². The van der Waals surface area contributed by atoms with Crippen LogP contribution in [0.3, 0.4) is 0 Å². The number of halogens is 1. The minimum Gasteiger partial charge on any atom is -0.357 e. The molecule has 1 atom stereocenters. The lowest BCUT2D eigenvalue weighted by Gasteiger charge is -2.34. The molecule has 0 radical (unpaired) electrons. The van der Waals surface area contributed by atoms with Crippen LogP contribution in [0, 0.1) is 0 Å². The third-order valence-electron chi connectivity index (χ3n) is 4.25. The highest BCUT2D eigenvalue weighted by Crippen LogP contribution is 2.21. The molecule has 26 heavy (non-hydrogen) atoms. The Morgan fingerprint density at radius 2 is 2.12 bits per heavy atom. The van der Waals surface area contributed by atoms with Crippen LogP contribution >= 0.6 is 35.7 Å². The minimum atomic E-state index is 0. The largest absolute Gasteiger partial charge is 0.357 e. The molecule has 8 heteroatoms. The molecule has 1 N–H and O–H groups in total. The Morgan fingerprint density at radius 3 is 2.85 bits per heavy atom. The smallest absolute Gasteiger partial charge is 0.194 e. The lowest BCUT2D eigenvalue weighted by Crippen LogP contribution is -2.48. The lowest BCUT2D eigenvalue weighted by atomic mass is 10.3. The average molecular weight is 486 g/mol. The molecule has 0 saturated carbocycles. The SMILES string of the molecule is CCNC(=NCc1nncn1-c1ccccc1)N1CCSC(CC)C1.I. The first-order valence-corrected chi connectivity index (χ1v) is 9.95. The van der Waals surface area contributed by atoms with E-state index in [0.29, 0.717) is 11.8 Å². The van der Waals surface area contributed by atoms with Crippen molar-refractivity contribution >= 4 is 41.7 Å². The summed E-state index contributed by atoms with van der Waals surface area (Å²) in [6.07, 6.45) is 2.95. The van der Waals surface area contributed by atoms with Gasteiger partial charge in [0.2, 0.25) is 0 Å². The maximum atomic E-state index is 4.83. The van der Waals surface area contributed by atoms with E-state index in [2.05, 4.69) is 58.2 Å². The summed E-state index contributed by atoms with van der Waals surface area (Å²) < 4.78 is 1.99. The van der Waals surface area contributed by atoms with Crippen molar-refractivity contribution in [2.45, 2.75) is 32.1 Å². The quantitative estimate of drug-likeness (QED) is 0.400. The van der Waals surface area contributed by atoms with Gasteiger partial charge in [0.1, 0.15) is 12.9 Å². The van der Waals surface area contributed by atoms with Gasteiger partial charge in [-0.2, -0.15) is 11.8 Å². The molecule has 1 fully saturated rings. The average Bonchev–Trinajstić information content (AvgIpc) is 3.14. The van der Waals surface area contributed by atoms with Crippen molar-refractivity contribution < 1.29 is 0 Å². The predicted molar refractivity (Wildman–Crippen MR) is 120 cm³/mol. The molecular weight excluding hydrogens is 459 g/mol. The Balaban J connectivity index is 0.00000243. The molecule has 0 aliphatic carbocycles. The van der Waals surface area contributed by atoms with Gasteiger partial charge in [0, 0.05) is 36.3 Å². The first kappa shape index (κ1) is 21.0. The first-order chi connectivity index (χ1) is 12.3. The van der Waals surface area contributed by atoms with Gasteiger partial charge in [-0.1, -0.05) is 25.1 Å². The monoisotopic (exact) mass is 486 g/mol. The number of aromatic nitrogens is 3. The van der Waals surface area contributed by atoms with Crippen LogP contribution in [0.15, 0.2) is 41.7 Å². The molecule has 0 amide bonds. The van der Waals surface area contributed by atoms with E-state index in [9.17, 15) is 0 Å². The number of hydrogen-bond acceptors (Lipinski definition) is 4. The first-order valence-electron chi connectivity index (χ1n) is 8.91. The van der Waals surface area contributed by atoms with Gasteiger partial charge >= 0.3 is 0 Å². The zero-order valence-electron chi connectivity index (χ0n) is 15.3. The highest BCUT2D eigenvalue weighted by Gasteiger charge is 2.21. The Labute approximate surface area is 176 Å². The molecule has 1 saturated heterocycles. The molecule has 2 heterocycles. The summed E-state index contributed by atoms with van der Waals surface area (Å²) in [6, 6.07) is 10.1. The van der Waals surface area contributed by atoms with Crippen molar-refractivity contribution in [3.8, 4) is 5.69 Å². The Morgan fingerprint density at radius 1 is 1.31 bits per heavy atom. The number of guanidine groups is 1. The fraction of sp³-hybridized carbons (Fsp3) is 0.500. The van der Waals surface area contributed by atoms with E-state index >= 15 is 0 Å². The second kappa shape index (κ2) is 10.8. The van der Waals surface area contributed by atoms with Crippen LogP contribution in [0.2, 0.25) is 0 Å². The van der Waals surface area contributed by atoms with Crippen molar-refractivity contribution in [1.29, 1.82) is 0 Å². The third kappa shape index (κ3) is 5.35. The summed E-state index contributed by atoms with van der Waals surface area (Å²) in [5, 5.41) is 12.4. The summed E-state index contributed by atoms with van der Waals surface area (Å²) in [5.41, 5.74) is 1.06. The van der Waals surface area contributed by atoms with Crippen LogP contribution in [-0.2, 0) is 6.54 Å².